The molecule has 0 aliphatic carbocycles. The van der Waals surface area contributed by atoms with Crippen LogP contribution in [0, 0.1) is 0 Å². The Balaban J connectivity index is 3.98. The van der Waals surface area contributed by atoms with E-state index in [0.717, 1.165) is 0 Å². The summed E-state index contributed by atoms with van der Waals surface area (Å²) in [7, 11) is -1.83. The van der Waals surface area contributed by atoms with Crippen LogP contribution in [0.3, 0.4) is 0 Å². The Morgan fingerprint density at radius 2 is 2.08 bits per heavy atom. The van der Waals surface area contributed by atoms with Gasteiger partial charge >= 0.3 is 0 Å². The van der Waals surface area contributed by atoms with Crippen molar-refractivity contribution in [3.8, 4) is 0 Å². The summed E-state index contributed by atoms with van der Waals surface area (Å²) in [4.78, 5) is 0. The van der Waals surface area contributed by atoms with Gasteiger partial charge in [-0.15, -0.1) is 0 Å². The Kier molecular flexibility index (Phi) is 5.39. The van der Waals surface area contributed by atoms with Crippen LogP contribution in [-0.2, 0) is 10.2 Å². The molecule has 0 aliphatic heterocycles. The van der Waals surface area contributed by atoms with E-state index in [1.54, 1.807) is 6.92 Å². The van der Waals surface area contributed by atoms with Gasteiger partial charge in [0.1, 0.15) is 0 Å². The van der Waals surface area contributed by atoms with Crippen molar-refractivity contribution in [2.45, 2.75) is 13.3 Å². The third kappa shape index (κ3) is 4.01. The molecular formula is C6H16N2O3S. The van der Waals surface area contributed by atoms with E-state index in [0.29, 0.717) is 19.5 Å². The molecule has 0 aliphatic rings. The highest BCUT2D eigenvalue weighted by Crippen LogP contribution is 1.94. The molecule has 0 atom stereocenters. The second-order valence-electron chi connectivity index (χ2n) is 2.40. The molecule has 2 N–H and O–H groups in total. The number of rotatable bonds is 6. The van der Waals surface area contributed by atoms with E-state index in [9.17, 15) is 8.42 Å². The first kappa shape index (κ1) is 11.8. The molecule has 0 aromatic carbocycles. The molecule has 0 saturated heterocycles. The topological polar surface area (TPSA) is 69.6 Å². The lowest BCUT2D eigenvalue weighted by Crippen LogP contribution is -2.38. The number of hydrogen-bond donors (Lipinski definition) is 2. The van der Waals surface area contributed by atoms with Crippen molar-refractivity contribution < 1.29 is 13.5 Å². The molecule has 0 aromatic rings. The fourth-order valence-electron chi connectivity index (χ4n) is 0.706. The Morgan fingerprint density at radius 3 is 2.50 bits per heavy atom. The molecule has 12 heavy (non-hydrogen) atoms. The Labute approximate surface area is 73.6 Å². The summed E-state index contributed by atoms with van der Waals surface area (Å²) in [6.45, 7) is 2.45. The van der Waals surface area contributed by atoms with E-state index in [4.69, 9.17) is 5.11 Å². The highest BCUT2D eigenvalue weighted by atomic mass is 32.2. The molecule has 0 spiro atoms. The normalized spacial score (nSPS) is 12.3. The summed E-state index contributed by atoms with van der Waals surface area (Å²) in [5.41, 5.74) is 0. The lowest BCUT2D eigenvalue weighted by Gasteiger charge is -2.15. The average molecular weight is 196 g/mol. The number of hydrogen-bond acceptors (Lipinski definition) is 3. The molecule has 6 heteroatoms. The molecule has 0 fully saturated rings. The van der Waals surface area contributed by atoms with Crippen molar-refractivity contribution >= 4 is 10.2 Å². The zero-order chi connectivity index (χ0) is 9.61. The molecule has 0 rings (SSSR count). The van der Waals surface area contributed by atoms with E-state index >= 15 is 0 Å². The van der Waals surface area contributed by atoms with Gasteiger partial charge in [-0.2, -0.15) is 12.7 Å². The van der Waals surface area contributed by atoms with Crippen LogP contribution in [0.1, 0.15) is 13.3 Å². The third-order valence-corrected chi connectivity index (χ3v) is 3.02. The van der Waals surface area contributed by atoms with Crippen LogP contribution in [0.5, 0.6) is 0 Å². The Morgan fingerprint density at radius 1 is 1.50 bits per heavy atom. The van der Waals surface area contributed by atoms with E-state index < -0.39 is 10.2 Å². The maximum atomic E-state index is 11.2. The molecule has 0 heterocycles. The molecular weight excluding hydrogens is 180 g/mol. The third-order valence-electron chi connectivity index (χ3n) is 1.37. The fourth-order valence-corrected chi connectivity index (χ4v) is 1.66. The average Bonchev–Trinajstić information content (AvgIpc) is 2.00. The van der Waals surface area contributed by atoms with Crippen molar-refractivity contribution in [1.29, 1.82) is 0 Å². The second kappa shape index (κ2) is 5.47. The minimum Gasteiger partial charge on any atom is -0.396 e. The maximum Gasteiger partial charge on any atom is 0.279 e. The van der Waals surface area contributed by atoms with Crippen LogP contribution in [0.2, 0.25) is 0 Å². The molecule has 74 valence electrons. The fraction of sp³-hybridized carbons (Fsp3) is 1.00. The number of aliphatic hydroxyl groups excluding tert-OH is 1. The summed E-state index contributed by atoms with van der Waals surface area (Å²) in [5, 5.41) is 8.47. The van der Waals surface area contributed by atoms with Gasteiger partial charge in [-0.05, 0) is 6.42 Å². The molecule has 5 nitrogen and oxygen atoms in total. The van der Waals surface area contributed by atoms with Crippen LogP contribution >= 0.6 is 0 Å². The highest BCUT2D eigenvalue weighted by molar-refractivity contribution is 7.87. The molecule has 0 bridgehead atoms. The monoisotopic (exact) mass is 196 g/mol. The minimum atomic E-state index is -3.31. The van der Waals surface area contributed by atoms with Crippen molar-refractivity contribution in [2.24, 2.45) is 0 Å². The van der Waals surface area contributed by atoms with Crippen molar-refractivity contribution in [3.05, 3.63) is 0 Å². The predicted octanol–water partition coefficient (Wildman–Crippen LogP) is -0.845. The zero-order valence-electron chi connectivity index (χ0n) is 7.45. The quantitative estimate of drug-likeness (QED) is 0.581. The summed E-state index contributed by atoms with van der Waals surface area (Å²) >= 11 is 0. The second-order valence-corrected chi connectivity index (χ2v) is 4.26. The van der Waals surface area contributed by atoms with E-state index in [-0.39, 0.29) is 6.61 Å². The molecule has 0 amide bonds. The Bertz CT molecular complexity index is 203. The number of aliphatic hydroxyl groups is 1. The van der Waals surface area contributed by atoms with Crippen LogP contribution < -0.4 is 4.72 Å². The molecule has 0 aromatic heterocycles. The number of nitrogens with zero attached hydrogens (tertiary/aromatic N) is 1. The zero-order valence-corrected chi connectivity index (χ0v) is 8.26. The summed E-state index contributed by atoms with van der Waals surface area (Å²) < 4.78 is 25.9. The van der Waals surface area contributed by atoms with Gasteiger partial charge in [-0.3, -0.25) is 0 Å². The first-order chi connectivity index (χ1) is 5.54. The smallest absolute Gasteiger partial charge is 0.279 e. The number of nitrogens with one attached hydrogen (secondary N) is 1. The maximum absolute atomic E-state index is 11.2. The van der Waals surface area contributed by atoms with Gasteiger partial charge in [-0.25, -0.2) is 4.72 Å². The van der Waals surface area contributed by atoms with Gasteiger partial charge in [0, 0.05) is 26.7 Å². The van der Waals surface area contributed by atoms with Crippen molar-refractivity contribution in [2.75, 3.05) is 26.7 Å². The van der Waals surface area contributed by atoms with Crippen LogP contribution in [-0.4, -0.2) is 44.6 Å². The minimum absolute atomic E-state index is 0.00594. The van der Waals surface area contributed by atoms with Gasteiger partial charge in [0.25, 0.3) is 10.2 Å². The largest absolute Gasteiger partial charge is 0.396 e. The molecule has 0 unspecified atom stereocenters. The van der Waals surface area contributed by atoms with Crippen molar-refractivity contribution in [3.63, 3.8) is 0 Å². The standard InChI is InChI=1S/C6H16N2O3S/c1-3-7-12(10,11)8(2)5-4-6-9/h7,9H,3-6H2,1-2H3. The van der Waals surface area contributed by atoms with Crippen LogP contribution in [0.4, 0.5) is 0 Å². The first-order valence-electron chi connectivity index (χ1n) is 3.86. The summed E-state index contributed by atoms with van der Waals surface area (Å²) in [6.07, 6.45) is 0.459. The lowest BCUT2D eigenvalue weighted by atomic mass is 10.5. The molecule has 0 radical (unpaired) electrons. The van der Waals surface area contributed by atoms with Gasteiger partial charge in [0.05, 0.1) is 0 Å². The van der Waals surface area contributed by atoms with E-state index in [2.05, 4.69) is 4.72 Å². The van der Waals surface area contributed by atoms with Gasteiger partial charge < -0.3 is 5.11 Å². The lowest BCUT2D eigenvalue weighted by molar-refractivity contribution is 0.275. The van der Waals surface area contributed by atoms with Gasteiger partial charge in [0.2, 0.25) is 0 Å². The summed E-state index contributed by atoms with van der Waals surface area (Å²) in [5.74, 6) is 0. The van der Waals surface area contributed by atoms with E-state index in [1.165, 1.54) is 11.4 Å². The summed E-state index contributed by atoms with van der Waals surface area (Å²) in [6, 6.07) is 0. The van der Waals surface area contributed by atoms with Crippen LogP contribution in [0.25, 0.3) is 0 Å². The van der Waals surface area contributed by atoms with Crippen molar-refractivity contribution in [1.82, 2.24) is 9.03 Å². The highest BCUT2D eigenvalue weighted by Gasteiger charge is 2.14. The first-order valence-corrected chi connectivity index (χ1v) is 5.30. The molecule has 0 saturated carbocycles. The van der Waals surface area contributed by atoms with E-state index in [1.807, 2.05) is 0 Å². The van der Waals surface area contributed by atoms with Gasteiger partial charge in [-0.1, -0.05) is 6.92 Å². The predicted molar refractivity (Wildman–Crippen MR) is 46.9 cm³/mol. The Hall–Kier alpha value is -0.170. The SMILES string of the molecule is CCNS(=O)(=O)N(C)CCCO. The van der Waals surface area contributed by atoms with Crippen LogP contribution in [0.15, 0.2) is 0 Å². The van der Waals surface area contributed by atoms with Gasteiger partial charge in [0.15, 0.2) is 0 Å².